The standard InChI is InChI=1S/C17H19N5OS/c1-11(2)23-13-7-8-14(19-10-13)15-20-17(24-21-15)22(4)16-12(3)6-5-9-18-16/h5-11H,1-4H3. The van der Waals surface area contributed by atoms with Crippen molar-refractivity contribution in [1.82, 2.24) is 19.3 Å². The second-order valence-corrected chi connectivity index (χ2v) is 6.38. The van der Waals surface area contributed by atoms with Crippen molar-refractivity contribution in [2.75, 3.05) is 11.9 Å². The second-order valence-electron chi connectivity index (χ2n) is 5.65. The van der Waals surface area contributed by atoms with Gasteiger partial charge in [-0.3, -0.25) is 0 Å². The summed E-state index contributed by atoms with van der Waals surface area (Å²) in [6.07, 6.45) is 3.59. The van der Waals surface area contributed by atoms with Gasteiger partial charge in [-0.05, 0) is 44.5 Å². The van der Waals surface area contributed by atoms with Gasteiger partial charge in [-0.2, -0.15) is 9.36 Å². The first-order valence-corrected chi connectivity index (χ1v) is 8.44. The lowest BCUT2D eigenvalue weighted by molar-refractivity contribution is 0.241. The van der Waals surface area contributed by atoms with Gasteiger partial charge < -0.3 is 9.64 Å². The van der Waals surface area contributed by atoms with Crippen LogP contribution < -0.4 is 9.64 Å². The highest BCUT2D eigenvalue weighted by atomic mass is 32.1. The molecule has 0 bridgehead atoms. The first-order valence-electron chi connectivity index (χ1n) is 7.66. The molecule has 6 nitrogen and oxygen atoms in total. The number of aryl methyl sites for hydroxylation is 1. The molecule has 0 N–H and O–H groups in total. The van der Waals surface area contributed by atoms with Gasteiger partial charge in [0.05, 0.1) is 12.3 Å². The van der Waals surface area contributed by atoms with Gasteiger partial charge in [0.25, 0.3) is 0 Å². The van der Waals surface area contributed by atoms with Crippen LogP contribution in [-0.2, 0) is 0 Å². The molecule has 0 atom stereocenters. The number of hydrogen-bond acceptors (Lipinski definition) is 7. The van der Waals surface area contributed by atoms with Gasteiger partial charge in [-0.15, -0.1) is 0 Å². The smallest absolute Gasteiger partial charge is 0.210 e. The minimum absolute atomic E-state index is 0.122. The number of ether oxygens (including phenoxy) is 1. The molecule has 3 heterocycles. The summed E-state index contributed by atoms with van der Waals surface area (Å²) in [7, 11) is 1.94. The maximum Gasteiger partial charge on any atom is 0.210 e. The predicted octanol–water partition coefficient (Wildman–Crippen LogP) is 3.86. The zero-order valence-corrected chi connectivity index (χ0v) is 14.9. The van der Waals surface area contributed by atoms with Crippen LogP contribution in [0.2, 0.25) is 0 Å². The maximum atomic E-state index is 5.60. The number of aromatic nitrogens is 4. The van der Waals surface area contributed by atoms with E-state index in [2.05, 4.69) is 19.3 Å². The van der Waals surface area contributed by atoms with Gasteiger partial charge >= 0.3 is 0 Å². The van der Waals surface area contributed by atoms with Crippen LogP contribution in [-0.4, -0.2) is 32.5 Å². The topological polar surface area (TPSA) is 64.0 Å². The summed E-state index contributed by atoms with van der Waals surface area (Å²) in [6, 6.07) is 7.70. The normalized spacial score (nSPS) is 10.9. The summed E-state index contributed by atoms with van der Waals surface area (Å²) in [6.45, 7) is 5.99. The predicted molar refractivity (Wildman–Crippen MR) is 95.9 cm³/mol. The van der Waals surface area contributed by atoms with Crippen molar-refractivity contribution in [3.63, 3.8) is 0 Å². The van der Waals surface area contributed by atoms with E-state index in [9.17, 15) is 0 Å². The van der Waals surface area contributed by atoms with E-state index in [1.165, 1.54) is 11.5 Å². The third kappa shape index (κ3) is 3.51. The summed E-state index contributed by atoms with van der Waals surface area (Å²) in [5, 5.41) is 0.774. The van der Waals surface area contributed by atoms with E-state index >= 15 is 0 Å². The maximum absolute atomic E-state index is 5.60. The first kappa shape index (κ1) is 16.3. The van der Waals surface area contributed by atoms with Gasteiger partial charge in [0.15, 0.2) is 5.82 Å². The van der Waals surface area contributed by atoms with E-state index in [0.29, 0.717) is 5.82 Å². The summed E-state index contributed by atoms with van der Waals surface area (Å²) in [4.78, 5) is 15.3. The molecular weight excluding hydrogens is 322 g/mol. The molecule has 0 radical (unpaired) electrons. The highest BCUT2D eigenvalue weighted by molar-refractivity contribution is 7.10. The van der Waals surface area contributed by atoms with Crippen LogP contribution in [0.15, 0.2) is 36.7 Å². The van der Waals surface area contributed by atoms with E-state index in [0.717, 1.165) is 28.0 Å². The van der Waals surface area contributed by atoms with E-state index < -0.39 is 0 Å². The molecular formula is C17H19N5OS. The average Bonchev–Trinajstić information content (AvgIpc) is 3.05. The van der Waals surface area contributed by atoms with Crippen molar-refractivity contribution in [2.24, 2.45) is 0 Å². The van der Waals surface area contributed by atoms with Gasteiger partial charge in [-0.1, -0.05) is 6.07 Å². The van der Waals surface area contributed by atoms with Crippen molar-refractivity contribution in [3.8, 4) is 17.3 Å². The van der Waals surface area contributed by atoms with Crippen LogP contribution in [0.3, 0.4) is 0 Å². The average molecular weight is 341 g/mol. The third-order valence-electron chi connectivity index (χ3n) is 3.34. The minimum Gasteiger partial charge on any atom is -0.489 e. The van der Waals surface area contributed by atoms with Crippen molar-refractivity contribution < 1.29 is 4.74 Å². The number of anilines is 2. The second kappa shape index (κ2) is 6.92. The number of nitrogens with zero attached hydrogens (tertiary/aromatic N) is 5. The Morgan fingerprint density at radius 3 is 2.67 bits per heavy atom. The molecule has 3 aromatic rings. The van der Waals surface area contributed by atoms with Crippen molar-refractivity contribution >= 4 is 22.5 Å². The Labute approximate surface area is 145 Å². The van der Waals surface area contributed by atoms with E-state index in [1.807, 2.05) is 57.0 Å². The SMILES string of the molecule is Cc1cccnc1N(C)c1nc(-c2ccc(OC(C)C)cn2)ns1. The molecule has 0 amide bonds. The molecule has 0 aromatic carbocycles. The molecule has 0 saturated carbocycles. The lowest BCUT2D eigenvalue weighted by Crippen LogP contribution is -2.12. The molecule has 0 saturated heterocycles. The molecule has 0 unspecified atom stereocenters. The lowest BCUT2D eigenvalue weighted by atomic mass is 10.3. The van der Waals surface area contributed by atoms with E-state index in [4.69, 9.17) is 4.74 Å². The largest absolute Gasteiger partial charge is 0.489 e. The lowest BCUT2D eigenvalue weighted by Gasteiger charge is -2.15. The highest BCUT2D eigenvalue weighted by Crippen LogP contribution is 2.28. The molecule has 3 rings (SSSR count). The van der Waals surface area contributed by atoms with Crippen LogP contribution in [0.25, 0.3) is 11.5 Å². The number of rotatable bonds is 5. The summed E-state index contributed by atoms with van der Waals surface area (Å²) < 4.78 is 10.0. The summed E-state index contributed by atoms with van der Waals surface area (Å²) in [5.41, 5.74) is 1.81. The molecule has 0 spiro atoms. The fraction of sp³-hybridized carbons (Fsp3) is 0.294. The van der Waals surface area contributed by atoms with Crippen LogP contribution in [0, 0.1) is 6.92 Å². The van der Waals surface area contributed by atoms with Gasteiger partial charge in [-0.25, -0.2) is 9.97 Å². The van der Waals surface area contributed by atoms with E-state index in [1.54, 1.807) is 12.4 Å². The Kier molecular flexibility index (Phi) is 4.71. The van der Waals surface area contributed by atoms with Crippen molar-refractivity contribution in [1.29, 1.82) is 0 Å². The Hall–Kier alpha value is -2.54. The van der Waals surface area contributed by atoms with Crippen LogP contribution in [0.4, 0.5) is 10.9 Å². The van der Waals surface area contributed by atoms with Crippen LogP contribution in [0.1, 0.15) is 19.4 Å². The van der Waals surface area contributed by atoms with Crippen molar-refractivity contribution in [3.05, 3.63) is 42.2 Å². The monoisotopic (exact) mass is 341 g/mol. The zero-order chi connectivity index (χ0) is 17.1. The van der Waals surface area contributed by atoms with Crippen LogP contribution >= 0.6 is 11.5 Å². The van der Waals surface area contributed by atoms with Gasteiger partial charge in [0, 0.05) is 24.8 Å². The highest BCUT2D eigenvalue weighted by Gasteiger charge is 2.15. The van der Waals surface area contributed by atoms with Crippen LogP contribution in [0.5, 0.6) is 5.75 Å². The van der Waals surface area contributed by atoms with Gasteiger partial charge in [0.2, 0.25) is 5.13 Å². The Bertz CT molecular complexity index is 816. The minimum atomic E-state index is 0.122. The van der Waals surface area contributed by atoms with Gasteiger partial charge in [0.1, 0.15) is 17.3 Å². The molecule has 0 aliphatic rings. The fourth-order valence-electron chi connectivity index (χ4n) is 2.23. The van der Waals surface area contributed by atoms with Crippen molar-refractivity contribution in [2.45, 2.75) is 26.9 Å². The molecule has 7 heteroatoms. The summed E-state index contributed by atoms with van der Waals surface area (Å²) >= 11 is 1.32. The quantitative estimate of drug-likeness (QED) is 0.702. The summed E-state index contributed by atoms with van der Waals surface area (Å²) in [5.74, 6) is 2.21. The Morgan fingerprint density at radius 2 is 2.00 bits per heavy atom. The third-order valence-corrected chi connectivity index (χ3v) is 4.13. The Morgan fingerprint density at radius 1 is 1.17 bits per heavy atom. The van der Waals surface area contributed by atoms with E-state index in [-0.39, 0.29) is 6.10 Å². The Balaban J connectivity index is 1.81. The zero-order valence-electron chi connectivity index (χ0n) is 14.1. The molecule has 124 valence electrons. The molecule has 0 aliphatic carbocycles. The molecule has 0 fully saturated rings. The molecule has 3 aromatic heterocycles. The molecule has 24 heavy (non-hydrogen) atoms. The fourth-order valence-corrected chi connectivity index (χ4v) is 2.87. The number of hydrogen-bond donors (Lipinski definition) is 0. The first-order chi connectivity index (χ1) is 11.5. The number of pyridine rings is 2. The molecule has 0 aliphatic heterocycles.